The Morgan fingerprint density at radius 1 is 1.27 bits per heavy atom. The number of thiol groups is 1. The Hall–Kier alpha value is -0.470. The van der Waals surface area contributed by atoms with E-state index in [9.17, 15) is 0 Å². The monoisotopic (exact) mass is 168 g/mol. The molecule has 0 bridgehead atoms. The molecule has 0 aromatic heterocycles. The zero-order valence-electron chi connectivity index (χ0n) is 6.58. The van der Waals surface area contributed by atoms with E-state index in [1.165, 1.54) is 11.1 Å². The predicted octanol–water partition coefficient (Wildman–Crippen LogP) is 2.40. The van der Waals surface area contributed by atoms with Crippen LogP contribution in [0.5, 0.6) is 0 Å². The van der Waals surface area contributed by atoms with Gasteiger partial charge in [-0.15, -0.1) is 0 Å². The summed E-state index contributed by atoms with van der Waals surface area (Å²) in [6.45, 7) is 2.73. The van der Waals surface area contributed by atoms with Gasteiger partial charge < -0.3 is 4.74 Å². The van der Waals surface area contributed by atoms with Crippen molar-refractivity contribution in [1.29, 1.82) is 0 Å². The summed E-state index contributed by atoms with van der Waals surface area (Å²) in [6.07, 6.45) is 0. The number of aryl methyl sites for hydroxylation is 1. The lowest BCUT2D eigenvalue weighted by atomic mass is 10.2. The topological polar surface area (TPSA) is 9.23 Å². The molecule has 11 heavy (non-hydrogen) atoms. The largest absolute Gasteiger partial charge is 0.366 e. The fraction of sp³-hybridized carbons (Fsp3) is 0.333. The number of ether oxygens (including phenoxy) is 1. The smallest absolute Gasteiger partial charge is 0.0897 e. The van der Waals surface area contributed by atoms with E-state index in [1.807, 2.05) is 0 Å². The van der Waals surface area contributed by atoms with Crippen LogP contribution >= 0.6 is 12.6 Å². The number of rotatable bonds is 3. The van der Waals surface area contributed by atoms with Gasteiger partial charge in [-0.05, 0) is 12.5 Å². The molecule has 0 heterocycles. The normalized spacial score (nSPS) is 10.0. The Balaban J connectivity index is 2.52. The van der Waals surface area contributed by atoms with E-state index in [0.717, 1.165) is 0 Å². The second kappa shape index (κ2) is 4.42. The van der Waals surface area contributed by atoms with Crippen molar-refractivity contribution in [3.05, 3.63) is 35.4 Å². The van der Waals surface area contributed by atoms with Crippen LogP contribution in [0.3, 0.4) is 0 Å². The second-order valence-corrected chi connectivity index (χ2v) is 2.72. The van der Waals surface area contributed by atoms with Crippen molar-refractivity contribution in [1.82, 2.24) is 0 Å². The molecule has 60 valence electrons. The maximum atomic E-state index is 5.12. The minimum absolute atomic E-state index is 0.480. The SMILES string of the molecule is Cc1ccc(COCS)cc1. The molecule has 0 aliphatic heterocycles. The van der Waals surface area contributed by atoms with E-state index in [0.29, 0.717) is 12.5 Å². The molecule has 0 aliphatic carbocycles. The molecule has 2 heteroatoms. The molecule has 0 spiro atoms. The van der Waals surface area contributed by atoms with Gasteiger partial charge in [0.05, 0.1) is 12.5 Å². The molecule has 0 saturated heterocycles. The van der Waals surface area contributed by atoms with Gasteiger partial charge in [-0.2, -0.15) is 12.6 Å². The first-order valence-corrected chi connectivity index (χ1v) is 4.20. The predicted molar refractivity (Wildman–Crippen MR) is 49.8 cm³/mol. The van der Waals surface area contributed by atoms with Crippen LogP contribution in [0, 0.1) is 6.92 Å². The second-order valence-electron chi connectivity index (χ2n) is 2.46. The third kappa shape index (κ3) is 2.95. The lowest BCUT2D eigenvalue weighted by Gasteiger charge is -2.00. The molecular formula is C9H12OS. The summed E-state index contributed by atoms with van der Waals surface area (Å²) >= 11 is 3.95. The van der Waals surface area contributed by atoms with E-state index in [2.05, 4.69) is 43.8 Å². The van der Waals surface area contributed by atoms with Crippen molar-refractivity contribution >= 4 is 12.6 Å². The number of hydrogen-bond acceptors (Lipinski definition) is 2. The summed E-state index contributed by atoms with van der Waals surface area (Å²) in [5.74, 6) is 0.480. The molecule has 0 radical (unpaired) electrons. The van der Waals surface area contributed by atoms with Crippen LogP contribution in [0.25, 0.3) is 0 Å². The Labute approximate surface area is 72.8 Å². The highest BCUT2D eigenvalue weighted by Gasteiger charge is 1.90. The van der Waals surface area contributed by atoms with E-state index < -0.39 is 0 Å². The Morgan fingerprint density at radius 2 is 1.91 bits per heavy atom. The summed E-state index contributed by atoms with van der Waals surface area (Å²) < 4.78 is 5.12. The molecular weight excluding hydrogens is 156 g/mol. The molecule has 0 fully saturated rings. The van der Waals surface area contributed by atoms with Crippen molar-refractivity contribution in [2.24, 2.45) is 0 Å². The summed E-state index contributed by atoms with van der Waals surface area (Å²) in [4.78, 5) is 0. The van der Waals surface area contributed by atoms with Gasteiger partial charge in [0.25, 0.3) is 0 Å². The number of hydrogen-bond donors (Lipinski definition) is 1. The van der Waals surface area contributed by atoms with E-state index in [4.69, 9.17) is 4.74 Å². The molecule has 1 aromatic carbocycles. The molecule has 1 nitrogen and oxygen atoms in total. The van der Waals surface area contributed by atoms with Crippen molar-refractivity contribution in [2.75, 3.05) is 5.94 Å². The highest BCUT2D eigenvalue weighted by atomic mass is 32.1. The Kier molecular flexibility index (Phi) is 3.46. The lowest BCUT2D eigenvalue weighted by molar-refractivity contribution is 0.170. The molecule has 1 aromatic rings. The molecule has 0 aliphatic rings. The van der Waals surface area contributed by atoms with E-state index >= 15 is 0 Å². The van der Waals surface area contributed by atoms with Crippen LogP contribution in [0.2, 0.25) is 0 Å². The Morgan fingerprint density at radius 3 is 2.45 bits per heavy atom. The highest BCUT2D eigenvalue weighted by Crippen LogP contribution is 2.04. The fourth-order valence-electron chi connectivity index (χ4n) is 0.848. The third-order valence-corrected chi connectivity index (χ3v) is 1.66. The molecule has 0 atom stereocenters. The minimum atomic E-state index is 0.480. The van der Waals surface area contributed by atoms with Crippen LogP contribution in [0.4, 0.5) is 0 Å². The summed E-state index contributed by atoms with van der Waals surface area (Å²) in [6, 6.07) is 8.30. The number of benzene rings is 1. The fourth-order valence-corrected chi connectivity index (χ4v) is 0.939. The van der Waals surface area contributed by atoms with Gasteiger partial charge in [-0.1, -0.05) is 29.8 Å². The Bertz CT molecular complexity index is 205. The zero-order chi connectivity index (χ0) is 8.10. The zero-order valence-corrected chi connectivity index (χ0v) is 7.47. The van der Waals surface area contributed by atoms with E-state index in [1.54, 1.807) is 0 Å². The molecule has 1 rings (SSSR count). The van der Waals surface area contributed by atoms with Crippen LogP contribution in [0.15, 0.2) is 24.3 Å². The van der Waals surface area contributed by atoms with Crippen LogP contribution < -0.4 is 0 Å². The van der Waals surface area contributed by atoms with Gasteiger partial charge in [0.15, 0.2) is 0 Å². The first-order valence-electron chi connectivity index (χ1n) is 3.57. The average Bonchev–Trinajstić information content (AvgIpc) is 2.04. The van der Waals surface area contributed by atoms with Crippen LogP contribution in [-0.4, -0.2) is 5.94 Å². The van der Waals surface area contributed by atoms with Gasteiger partial charge in [0.2, 0.25) is 0 Å². The third-order valence-electron chi connectivity index (χ3n) is 1.48. The minimum Gasteiger partial charge on any atom is -0.366 e. The lowest BCUT2D eigenvalue weighted by Crippen LogP contribution is -1.89. The molecule has 0 saturated carbocycles. The van der Waals surface area contributed by atoms with Gasteiger partial charge in [-0.3, -0.25) is 0 Å². The maximum absolute atomic E-state index is 5.12. The molecule has 0 N–H and O–H groups in total. The summed E-state index contributed by atoms with van der Waals surface area (Å²) in [5.41, 5.74) is 2.48. The molecule has 0 unspecified atom stereocenters. The average molecular weight is 168 g/mol. The standard InChI is InChI=1S/C9H12OS/c1-8-2-4-9(5-3-8)6-10-7-11/h2-5,11H,6-7H2,1H3. The van der Waals surface area contributed by atoms with Gasteiger partial charge in [0.1, 0.15) is 0 Å². The van der Waals surface area contributed by atoms with Crippen LogP contribution in [0.1, 0.15) is 11.1 Å². The van der Waals surface area contributed by atoms with Crippen molar-refractivity contribution in [3.63, 3.8) is 0 Å². The summed E-state index contributed by atoms with van der Waals surface area (Å²) in [7, 11) is 0. The highest BCUT2D eigenvalue weighted by molar-refractivity contribution is 7.80. The van der Waals surface area contributed by atoms with Crippen molar-refractivity contribution < 1.29 is 4.74 Å². The van der Waals surface area contributed by atoms with Crippen LogP contribution in [-0.2, 0) is 11.3 Å². The van der Waals surface area contributed by atoms with Gasteiger partial charge in [0, 0.05) is 0 Å². The quantitative estimate of drug-likeness (QED) is 0.538. The van der Waals surface area contributed by atoms with E-state index in [-0.39, 0.29) is 0 Å². The first kappa shape index (κ1) is 8.62. The van der Waals surface area contributed by atoms with Crippen molar-refractivity contribution in [2.45, 2.75) is 13.5 Å². The maximum Gasteiger partial charge on any atom is 0.0897 e. The van der Waals surface area contributed by atoms with Gasteiger partial charge in [-0.25, -0.2) is 0 Å². The summed E-state index contributed by atoms with van der Waals surface area (Å²) in [5, 5.41) is 0. The molecule has 0 amide bonds. The first-order chi connectivity index (χ1) is 5.33. The van der Waals surface area contributed by atoms with Gasteiger partial charge >= 0.3 is 0 Å². The van der Waals surface area contributed by atoms with Crippen molar-refractivity contribution in [3.8, 4) is 0 Å².